The number of aliphatic hydroxyl groups is 1. The van der Waals surface area contributed by atoms with E-state index in [1.165, 1.54) is 0 Å². The summed E-state index contributed by atoms with van der Waals surface area (Å²) in [4.78, 5) is 13.6. The number of aliphatic hydroxyl groups excluding tert-OH is 1. The van der Waals surface area contributed by atoms with Crippen molar-refractivity contribution in [2.45, 2.75) is 39.4 Å². The van der Waals surface area contributed by atoms with Gasteiger partial charge in [-0.15, -0.1) is 0 Å². The maximum absolute atomic E-state index is 11.9. The van der Waals surface area contributed by atoms with Crippen molar-refractivity contribution in [2.75, 3.05) is 26.3 Å². The monoisotopic (exact) mass is 245 g/mol. The zero-order valence-corrected chi connectivity index (χ0v) is 11.1. The van der Waals surface area contributed by atoms with Gasteiger partial charge in [0.1, 0.15) is 5.60 Å². The van der Waals surface area contributed by atoms with Crippen molar-refractivity contribution in [1.29, 1.82) is 0 Å². The molecular formula is C12H23NO4. The molecule has 1 saturated heterocycles. The third-order valence-electron chi connectivity index (χ3n) is 2.43. The highest BCUT2D eigenvalue weighted by Gasteiger charge is 2.28. The van der Waals surface area contributed by atoms with E-state index in [-0.39, 0.29) is 24.7 Å². The summed E-state index contributed by atoms with van der Waals surface area (Å²) in [6.07, 6.45) is -0.652. The molecule has 0 radical (unpaired) electrons. The summed E-state index contributed by atoms with van der Waals surface area (Å²) in [6.45, 7) is 9.00. The van der Waals surface area contributed by atoms with E-state index in [4.69, 9.17) is 14.6 Å². The summed E-state index contributed by atoms with van der Waals surface area (Å²) in [5.41, 5.74) is -0.498. The Morgan fingerprint density at radius 2 is 2.12 bits per heavy atom. The topological polar surface area (TPSA) is 59.0 Å². The van der Waals surface area contributed by atoms with Crippen LogP contribution in [0.15, 0.2) is 0 Å². The lowest BCUT2D eigenvalue weighted by Gasteiger charge is -2.28. The van der Waals surface area contributed by atoms with Crippen LogP contribution in [-0.2, 0) is 9.47 Å². The molecule has 0 unspecified atom stereocenters. The Morgan fingerprint density at radius 1 is 1.47 bits per heavy atom. The fraction of sp³-hybridized carbons (Fsp3) is 0.917. The molecule has 0 aromatic carbocycles. The van der Waals surface area contributed by atoms with Gasteiger partial charge in [-0.2, -0.15) is 0 Å². The van der Waals surface area contributed by atoms with Crippen LogP contribution in [0.5, 0.6) is 0 Å². The van der Waals surface area contributed by atoms with Gasteiger partial charge in [-0.05, 0) is 26.7 Å². The van der Waals surface area contributed by atoms with Crippen LogP contribution in [0.3, 0.4) is 0 Å². The van der Waals surface area contributed by atoms with E-state index < -0.39 is 5.60 Å². The number of carbonyl (C=O) groups excluding carboxylic acids is 1. The van der Waals surface area contributed by atoms with E-state index in [9.17, 15) is 4.79 Å². The van der Waals surface area contributed by atoms with Crippen molar-refractivity contribution in [1.82, 2.24) is 4.90 Å². The first kappa shape index (κ1) is 14.3. The third-order valence-corrected chi connectivity index (χ3v) is 2.43. The Morgan fingerprint density at radius 3 is 2.65 bits per heavy atom. The van der Waals surface area contributed by atoms with E-state index in [1.54, 1.807) is 4.90 Å². The van der Waals surface area contributed by atoms with Crippen LogP contribution < -0.4 is 0 Å². The van der Waals surface area contributed by atoms with Crippen molar-refractivity contribution < 1.29 is 19.4 Å². The van der Waals surface area contributed by atoms with Crippen LogP contribution in [0.25, 0.3) is 0 Å². The SMILES string of the molecule is C[C@@H]1CO[C@H](CO)CN(C(=O)OC(C)(C)C)C1. The number of carbonyl (C=O) groups is 1. The van der Waals surface area contributed by atoms with Gasteiger partial charge in [0, 0.05) is 6.54 Å². The average molecular weight is 245 g/mol. The highest BCUT2D eigenvalue weighted by atomic mass is 16.6. The van der Waals surface area contributed by atoms with Crippen LogP contribution >= 0.6 is 0 Å². The van der Waals surface area contributed by atoms with Gasteiger partial charge in [0.15, 0.2) is 0 Å². The Kier molecular flexibility index (Phi) is 4.77. The first-order chi connectivity index (χ1) is 7.81. The molecule has 1 fully saturated rings. The summed E-state index contributed by atoms with van der Waals surface area (Å²) in [5.74, 6) is 0.249. The second kappa shape index (κ2) is 5.69. The maximum Gasteiger partial charge on any atom is 0.410 e. The fourth-order valence-electron chi connectivity index (χ4n) is 1.69. The standard InChI is InChI=1S/C12H23NO4/c1-9-5-13(6-10(7-14)16-8-9)11(15)17-12(2,3)4/h9-10,14H,5-8H2,1-4H3/t9-,10-/m0/s1. The molecule has 0 bridgehead atoms. The highest BCUT2D eigenvalue weighted by Crippen LogP contribution is 2.15. The second-order valence-corrected chi connectivity index (χ2v) is 5.63. The van der Waals surface area contributed by atoms with Crippen molar-refractivity contribution in [2.24, 2.45) is 5.92 Å². The quantitative estimate of drug-likeness (QED) is 0.755. The molecule has 1 aliphatic rings. The maximum atomic E-state index is 11.9. The van der Waals surface area contributed by atoms with Gasteiger partial charge >= 0.3 is 6.09 Å². The summed E-state index contributed by atoms with van der Waals surface area (Å²) in [5, 5.41) is 9.13. The van der Waals surface area contributed by atoms with E-state index in [0.29, 0.717) is 19.7 Å². The van der Waals surface area contributed by atoms with Crippen LogP contribution in [0.2, 0.25) is 0 Å². The van der Waals surface area contributed by atoms with E-state index in [1.807, 2.05) is 27.7 Å². The van der Waals surface area contributed by atoms with E-state index in [0.717, 1.165) is 0 Å². The number of hydrogen-bond acceptors (Lipinski definition) is 4. The first-order valence-electron chi connectivity index (χ1n) is 6.02. The Bertz CT molecular complexity index is 262. The molecule has 1 heterocycles. The molecule has 100 valence electrons. The van der Waals surface area contributed by atoms with Crippen molar-refractivity contribution in [3.05, 3.63) is 0 Å². The molecule has 0 aromatic rings. The van der Waals surface area contributed by atoms with E-state index >= 15 is 0 Å². The molecule has 0 aliphatic carbocycles. The summed E-state index contributed by atoms with van der Waals surface area (Å²) in [7, 11) is 0. The van der Waals surface area contributed by atoms with Crippen molar-refractivity contribution in [3.63, 3.8) is 0 Å². The van der Waals surface area contributed by atoms with E-state index in [2.05, 4.69) is 0 Å². The average Bonchev–Trinajstić information content (AvgIpc) is 2.37. The van der Waals surface area contributed by atoms with Gasteiger partial charge < -0.3 is 19.5 Å². The lowest BCUT2D eigenvalue weighted by molar-refractivity contribution is -0.00299. The molecule has 1 aliphatic heterocycles. The van der Waals surface area contributed by atoms with Gasteiger partial charge in [-0.3, -0.25) is 0 Å². The molecule has 0 saturated carbocycles. The molecular weight excluding hydrogens is 222 g/mol. The molecule has 1 rings (SSSR count). The van der Waals surface area contributed by atoms with Crippen molar-refractivity contribution in [3.8, 4) is 0 Å². The van der Waals surface area contributed by atoms with Crippen LogP contribution in [0.4, 0.5) is 4.79 Å². The minimum absolute atomic E-state index is 0.0774. The lowest BCUT2D eigenvalue weighted by atomic mass is 10.2. The molecule has 5 nitrogen and oxygen atoms in total. The Balaban J connectivity index is 2.63. The zero-order valence-electron chi connectivity index (χ0n) is 11.1. The van der Waals surface area contributed by atoms with Gasteiger partial charge in [0.2, 0.25) is 0 Å². The minimum atomic E-state index is -0.498. The predicted octanol–water partition coefficient (Wildman–Crippen LogP) is 1.25. The number of rotatable bonds is 1. The Hall–Kier alpha value is -0.810. The largest absolute Gasteiger partial charge is 0.444 e. The number of amides is 1. The van der Waals surface area contributed by atoms with Gasteiger partial charge in [0.25, 0.3) is 0 Å². The number of hydrogen-bond donors (Lipinski definition) is 1. The summed E-state index contributed by atoms with van der Waals surface area (Å²) < 4.78 is 10.8. The van der Waals surface area contributed by atoms with Crippen molar-refractivity contribution >= 4 is 6.09 Å². The second-order valence-electron chi connectivity index (χ2n) is 5.63. The summed E-state index contributed by atoms with van der Waals surface area (Å²) in [6, 6.07) is 0. The van der Waals surface area contributed by atoms with Crippen LogP contribution in [0.1, 0.15) is 27.7 Å². The molecule has 1 N–H and O–H groups in total. The normalized spacial score (nSPS) is 26.5. The molecule has 5 heteroatoms. The third kappa shape index (κ3) is 4.91. The molecule has 0 spiro atoms. The van der Waals surface area contributed by atoms with Gasteiger partial charge in [-0.1, -0.05) is 6.92 Å². The highest BCUT2D eigenvalue weighted by molar-refractivity contribution is 5.68. The van der Waals surface area contributed by atoms with Crippen LogP contribution in [0, 0.1) is 5.92 Å². The summed E-state index contributed by atoms with van der Waals surface area (Å²) >= 11 is 0. The number of ether oxygens (including phenoxy) is 2. The van der Waals surface area contributed by atoms with Crippen LogP contribution in [-0.4, -0.2) is 54.1 Å². The van der Waals surface area contributed by atoms with Gasteiger partial charge in [0.05, 0.1) is 25.9 Å². The smallest absolute Gasteiger partial charge is 0.410 e. The first-order valence-corrected chi connectivity index (χ1v) is 6.02. The molecule has 1 amide bonds. The molecule has 0 aromatic heterocycles. The lowest BCUT2D eigenvalue weighted by Crippen LogP contribution is -2.42. The predicted molar refractivity (Wildman–Crippen MR) is 63.8 cm³/mol. The molecule has 17 heavy (non-hydrogen) atoms. The zero-order chi connectivity index (χ0) is 13.1. The number of nitrogens with zero attached hydrogens (tertiary/aromatic N) is 1. The fourth-order valence-corrected chi connectivity index (χ4v) is 1.69. The Labute approximate surface area is 103 Å². The molecule has 2 atom stereocenters. The van der Waals surface area contributed by atoms with Gasteiger partial charge in [-0.25, -0.2) is 4.79 Å². The minimum Gasteiger partial charge on any atom is -0.444 e.